The SMILES string of the molecule is COc1cc(N)cc(N(C)CCSC)c1. The van der Waals surface area contributed by atoms with Crippen molar-refractivity contribution in [1.82, 2.24) is 0 Å². The number of ether oxygens (including phenoxy) is 1. The number of thioether (sulfide) groups is 1. The fourth-order valence-electron chi connectivity index (χ4n) is 1.30. The van der Waals surface area contributed by atoms with Crippen LogP contribution in [0.25, 0.3) is 0 Å². The van der Waals surface area contributed by atoms with Crippen LogP contribution in [-0.4, -0.2) is 32.7 Å². The largest absolute Gasteiger partial charge is 0.497 e. The maximum atomic E-state index is 5.79. The number of nitrogens with zero attached hydrogens (tertiary/aromatic N) is 1. The fourth-order valence-corrected chi connectivity index (χ4v) is 1.76. The van der Waals surface area contributed by atoms with Crippen LogP contribution in [0.5, 0.6) is 5.75 Å². The summed E-state index contributed by atoms with van der Waals surface area (Å²) >= 11 is 1.83. The predicted octanol–water partition coefficient (Wildman–Crippen LogP) is 2.08. The number of hydrogen-bond acceptors (Lipinski definition) is 4. The van der Waals surface area contributed by atoms with Crippen LogP contribution < -0.4 is 15.4 Å². The van der Waals surface area contributed by atoms with Crippen LogP contribution in [0.15, 0.2) is 18.2 Å². The van der Waals surface area contributed by atoms with E-state index in [-0.39, 0.29) is 0 Å². The van der Waals surface area contributed by atoms with Crippen LogP contribution in [0.4, 0.5) is 11.4 Å². The minimum Gasteiger partial charge on any atom is -0.497 e. The van der Waals surface area contributed by atoms with Crippen LogP contribution in [-0.2, 0) is 0 Å². The van der Waals surface area contributed by atoms with E-state index in [9.17, 15) is 0 Å². The third-order valence-electron chi connectivity index (χ3n) is 2.22. The van der Waals surface area contributed by atoms with E-state index in [4.69, 9.17) is 10.5 Å². The molecule has 3 nitrogen and oxygen atoms in total. The second kappa shape index (κ2) is 5.75. The Bertz CT molecular complexity index is 317. The molecule has 1 aromatic rings. The molecule has 0 atom stereocenters. The van der Waals surface area contributed by atoms with E-state index >= 15 is 0 Å². The molecule has 0 radical (unpaired) electrons. The average molecular weight is 226 g/mol. The summed E-state index contributed by atoms with van der Waals surface area (Å²) < 4.78 is 5.18. The van der Waals surface area contributed by atoms with Crippen molar-refractivity contribution < 1.29 is 4.74 Å². The molecule has 15 heavy (non-hydrogen) atoms. The first kappa shape index (κ1) is 12.0. The molecular weight excluding hydrogens is 208 g/mol. The minimum atomic E-state index is 0.736. The Morgan fingerprint density at radius 1 is 1.40 bits per heavy atom. The number of hydrogen-bond donors (Lipinski definition) is 1. The highest BCUT2D eigenvalue weighted by Crippen LogP contribution is 2.24. The van der Waals surface area contributed by atoms with Crippen LogP contribution in [0.3, 0.4) is 0 Å². The first-order valence-corrected chi connectivity index (χ1v) is 6.21. The number of benzene rings is 1. The molecule has 0 aliphatic carbocycles. The molecular formula is C11H18N2OS. The van der Waals surface area contributed by atoms with E-state index in [2.05, 4.69) is 18.2 Å². The molecule has 4 heteroatoms. The second-order valence-corrected chi connectivity index (χ2v) is 4.36. The van der Waals surface area contributed by atoms with Gasteiger partial charge >= 0.3 is 0 Å². The van der Waals surface area contributed by atoms with Gasteiger partial charge in [-0.1, -0.05) is 0 Å². The number of nitrogen functional groups attached to an aromatic ring is 1. The van der Waals surface area contributed by atoms with Crippen LogP contribution in [0.2, 0.25) is 0 Å². The van der Waals surface area contributed by atoms with Crippen molar-refractivity contribution in [3.05, 3.63) is 18.2 Å². The average Bonchev–Trinajstić information content (AvgIpc) is 2.24. The van der Waals surface area contributed by atoms with Gasteiger partial charge in [-0.25, -0.2) is 0 Å². The van der Waals surface area contributed by atoms with E-state index in [1.54, 1.807) is 7.11 Å². The van der Waals surface area contributed by atoms with Crippen molar-refractivity contribution in [2.24, 2.45) is 0 Å². The predicted molar refractivity (Wildman–Crippen MR) is 69.1 cm³/mol. The summed E-state index contributed by atoms with van der Waals surface area (Å²) in [7, 11) is 3.71. The molecule has 0 saturated carbocycles. The number of nitrogens with two attached hydrogens (primary N) is 1. The molecule has 0 fully saturated rings. The van der Waals surface area contributed by atoms with Gasteiger partial charge < -0.3 is 15.4 Å². The van der Waals surface area contributed by atoms with Gasteiger partial charge in [0.05, 0.1) is 7.11 Å². The molecule has 0 spiro atoms. The summed E-state index contributed by atoms with van der Waals surface area (Å²) in [6.45, 7) is 1.01. The Morgan fingerprint density at radius 3 is 2.73 bits per heavy atom. The zero-order chi connectivity index (χ0) is 11.3. The molecule has 0 aliphatic rings. The maximum Gasteiger partial charge on any atom is 0.122 e. The molecule has 0 heterocycles. The Morgan fingerprint density at radius 2 is 2.13 bits per heavy atom. The van der Waals surface area contributed by atoms with Gasteiger partial charge in [0, 0.05) is 42.9 Å². The second-order valence-electron chi connectivity index (χ2n) is 3.38. The first-order chi connectivity index (χ1) is 7.17. The first-order valence-electron chi connectivity index (χ1n) is 4.82. The smallest absolute Gasteiger partial charge is 0.122 e. The van der Waals surface area contributed by atoms with E-state index in [0.29, 0.717) is 0 Å². The van der Waals surface area contributed by atoms with Gasteiger partial charge in [-0.05, 0) is 12.3 Å². The fraction of sp³-hybridized carbons (Fsp3) is 0.455. The molecule has 0 aliphatic heterocycles. The van der Waals surface area contributed by atoms with Crippen molar-refractivity contribution in [2.45, 2.75) is 0 Å². The van der Waals surface area contributed by atoms with Gasteiger partial charge in [-0.3, -0.25) is 0 Å². The lowest BCUT2D eigenvalue weighted by atomic mass is 10.2. The number of anilines is 2. The van der Waals surface area contributed by atoms with E-state index in [1.807, 2.05) is 30.0 Å². The van der Waals surface area contributed by atoms with Crippen molar-refractivity contribution in [3.63, 3.8) is 0 Å². The van der Waals surface area contributed by atoms with Crippen molar-refractivity contribution in [3.8, 4) is 5.75 Å². The Balaban J connectivity index is 2.78. The van der Waals surface area contributed by atoms with Crippen molar-refractivity contribution in [2.75, 3.05) is 43.3 Å². The molecule has 1 rings (SSSR count). The summed E-state index contributed by atoms with van der Waals surface area (Å²) in [4.78, 5) is 2.18. The third kappa shape index (κ3) is 3.55. The molecule has 0 bridgehead atoms. The van der Waals surface area contributed by atoms with E-state index in [0.717, 1.165) is 29.4 Å². The minimum absolute atomic E-state index is 0.736. The highest BCUT2D eigenvalue weighted by atomic mass is 32.2. The lowest BCUT2D eigenvalue weighted by Gasteiger charge is -2.19. The summed E-state index contributed by atoms with van der Waals surface area (Å²) in [6.07, 6.45) is 2.10. The van der Waals surface area contributed by atoms with Gasteiger partial charge in [0.2, 0.25) is 0 Å². The zero-order valence-corrected chi connectivity index (χ0v) is 10.3. The molecule has 84 valence electrons. The Hall–Kier alpha value is -1.03. The molecule has 0 amide bonds. The zero-order valence-electron chi connectivity index (χ0n) is 9.49. The molecule has 0 unspecified atom stereocenters. The highest BCUT2D eigenvalue weighted by molar-refractivity contribution is 7.98. The summed E-state index contributed by atoms with van der Waals surface area (Å²) in [5, 5.41) is 0. The number of rotatable bonds is 5. The van der Waals surface area contributed by atoms with E-state index in [1.165, 1.54) is 0 Å². The van der Waals surface area contributed by atoms with Crippen molar-refractivity contribution in [1.29, 1.82) is 0 Å². The lowest BCUT2D eigenvalue weighted by molar-refractivity contribution is 0.415. The van der Waals surface area contributed by atoms with Gasteiger partial charge in [0.25, 0.3) is 0 Å². The highest BCUT2D eigenvalue weighted by Gasteiger charge is 2.03. The van der Waals surface area contributed by atoms with Crippen LogP contribution in [0, 0.1) is 0 Å². The van der Waals surface area contributed by atoms with Gasteiger partial charge in [-0.2, -0.15) is 11.8 Å². The van der Waals surface area contributed by atoms with Gasteiger partial charge in [-0.15, -0.1) is 0 Å². The van der Waals surface area contributed by atoms with Gasteiger partial charge in [0.1, 0.15) is 5.75 Å². The molecule has 0 aromatic heterocycles. The molecule has 1 aromatic carbocycles. The van der Waals surface area contributed by atoms with Gasteiger partial charge in [0.15, 0.2) is 0 Å². The normalized spacial score (nSPS) is 10.1. The quantitative estimate of drug-likeness (QED) is 0.780. The summed E-state index contributed by atoms with van der Waals surface area (Å²) in [5.41, 5.74) is 7.62. The summed E-state index contributed by atoms with van der Waals surface area (Å²) in [6, 6.07) is 5.78. The standard InChI is InChI=1S/C11H18N2OS/c1-13(4-5-15-3)10-6-9(12)7-11(8-10)14-2/h6-8H,4-5,12H2,1-3H3. The number of methoxy groups -OCH3 is 1. The Labute approximate surface area is 95.6 Å². The maximum absolute atomic E-state index is 5.79. The third-order valence-corrected chi connectivity index (χ3v) is 2.81. The Kier molecular flexibility index (Phi) is 4.62. The molecule has 0 saturated heterocycles. The monoisotopic (exact) mass is 226 g/mol. The lowest BCUT2D eigenvalue weighted by Crippen LogP contribution is -2.20. The molecule has 2 N–H and O–H groups in total. The topological polar surface area (TPSA) is 38.5 Å². The summed E-state index contributed by atoms with van der Waals surface area (Å²) in [5.74, 6) is 1.91. The van der Waals surface area contributed by atoms with Crippen molar-refractivity contribution >= 4 is 23.1 Å². The van der Waals surface area contributed by atoms with Crippen LogP contribution in [0.1, 0.15) is 0 Å². The van der Waals surface area contributed by atoms with E-state index < -0.39 is 0 Å². The van der Waals surface area contributed by atoms with Crippen LogP contribution >= 0.6 is 11.8 Å².